The first kappa shape index (κ1) is 24.6. The molecule has 0 aliphatic rings. The van der Waals surface area contributed by atoms with Crippen LogP contribution in [0.5, 0.6) is 0 Å². The summed E-state index contributed by atoms with van der Waals surface area (Å²) >= 11 is 0. The number of carbonyl (C=O) groups is 1. The molecule has 1 heterocycles. The van der Waals surface area contributed by atoms with Gasteiger partial charge >= 0.3 is 35.8 Å². The fraction of sp³-hybridized carbons (Fsp3) is 0.455. The fourth-order valence-electron chi connectivity index (χ4n) is 1.50. The molecule has 1 aromatic heterocycles. The number of pyridine rings is 1. The quantitative estimate of drug-likeness (QED) is 0.511. The molecule has 0 aliphatic carbocycles. The molecule has 0 saturated heterocycles. The zero-order valence-corrected chi connectivity index (χ0v) is 12.5. The second kappa shape index (κ2) is 6.82. The average Bonchev–Trinajstić information content (AvgIpc) is 2.55. The summed E-state index contributed by atoms with van der Waals surface area (Å²) in [6, 6.07) is 0. The lowest BCUT2D eigenvalue weighted by Gasteiger charge is -2.36. The van der Waals surface area contributed by atoms with Gasteiger partial charge < -0.3 is 5.32 Å². The number of rotatable bonds is 5. The average molecular weight is 462 g/mol. The number of hydrogen-bond donors (Lipinski definition) is 1. The second-order valence-electron chi connectivity index (χ2n) is 4.95. The number of nitrogens with one attached hydrogen (secondary N) is 1. The molecule has 0 aromatic carbocycles. The van der Waals surface area contributed by atoms with E-state index in [4.69, 9.17) is 0 Å². The Hall–Kier alpha value is -2.43. The highest BCUT2D eigenvalue weighted by atomic mass is 19.4. The van der Waals surface area contributed by atoms with Crippen molar-refractivity contribution in [1.29, 1.82) is 0 Å². The minimum Gasteiger partial charge on any atom is -0.315 e. The highest BCUT2D eigenvalue weighted by molar-refractivity contribution is 5.97. The number of aromatic nitrogens is 1. The lowest BCUT2D eigenvalue weighted by Crippen LogP contribution is -2.68. The van der Waals surface area contributed by atoms with Crippen molar-refractivity contribution in [2.75, 3.05) is 5.32 Å². The molecule has 0 aliphatic heterocycles. The Bertz CT molecular complexity index is 789. The molecule has 0 bridgehead atoms. The molecule has 3 nitrogen and oxygen atoms in total. The fourth-order valence-corrected chi connectivity index (χ4v) is 1.50. The van der Waals surface area contributed by atoms with Crippen LogP contribution in [0, 0.1) is 23.5 Å². The van der Waals surface area contributed by atoms with Gasteiger partial charge in [-0.1, -0.05) is 0 Å². The van der Waals surface area contributed by atoms with E-state index in [0.717, 1.165) is 0 Å². The molecule has 0 unspecified atom stereocenters. The van der Waals surface area contributed by atoms with Crippen molar-refractivity contribution in [3.63, 3.8) is 0 Å². The van der Waals surface area contributed by atoms with Crippen molar-refractivity contribution < 1.29 is 70.7 Å². The number of carbonyl (C=O) groups excluding carboxylic acids is 1. The van der Waals surface area contributed by atoms with Crippen LogP contribution in [0.25, 0.3) is 0 Å². The first-order valence-corrected chi connectivity index (χ1v) is 6.24. The Morgan fingerprint density at radius 2 is 1.03 bits per heavy atom. The molecule has 0 radical (unpaired) electrons. The van der Waals surface area contributed by atoms with E-state index < -0.39 is 65.0 Å². The van der Waals surface area contributed by atoms with Crippen LogP contribution in [0.1, 0.15) is 0 Å². The zero-order chi connectivity index (χ0) is 23.4. The van der Waals surface area contributed by atoms with Gasteiger partial charge in [0.2, 0.25) is 11.6 Å². The van der Waals surface area contributed by atoms with Gasteiger partial charge in [-0.15, -0.1) is 0 Å². The van der Waals surface area contributed by atoms with E-state index in [1.807, 2.05) is 4.98 Å². The van der Waals surface area contributed by atoms with Crippen molar-refractivity contribution >= 4 is 11.6 Å². The van der Waals surface area contributed by atoms with Crippen LogP contribution in [0.3, 0.4) is 0 Å². The van der Waals surface area contributed by atoms with E-state index in [2.05, 4.69) is 0 Å². The molecule has 18 heteroatoms. The first-order valence-electron chi connectivity index (χ1n) is 6.24. The summed E-state index contributed by atoms with van der Waals surface area (Å²) < 4.78 is 192. The van der Waals surface area contributed by atoms with Gasteiger partial charge in [-0.2, -0.15) is 70.8 Å². The van der Waals surface area contributed by atoms with Crippen molar-refractivity contribution in [1.82, 2.24) is 4.98 Å². The molecule has 166 valence electrons. The van der Waals surface area contributed by atoms with Crippen LogP contribution in [0.4, 0.5) is 71.5 Å². The van der Waals surface area contributed by atoms with E-state index in [1.54, 1.807) is 0 Å². The molecule has 1 N–H and O–H groups in total. The summed E-state index contributed by atoms with van der Waals surface area (Å²) in [5.74, 6) is -45.9. The largest absolute Gasteiger partial charge is 0.460 e. The van der Waals surface area contributed by atoms with E-state index in [9.17, 15) is 70.7 Å². The predicted molar refractivity (Wildman–Crippen MR) is 58.5 cm³/mol. The lowest BCUT2D eigenvalue weighted by atomic mass is 9.97. The van der Waals surface area contributed by atoms with Crippen molar-refractivity contribution in [3.05, 3.63) is 23.5 Å². The van der Waals surface area contributed by atoms with Crippen LogP contribution in [-0.2, 0) is 4.79 Å². The number of anilines is 1. The molecule has 29 heavy (non-hydrogen) atoms. The summed E-state index contributed by atoms with van der Waals surface area (Å²) in [5, 5.41) is -0.0296. The Kier molecular flexibility index (Phi) is 5.79. The third-order valence-electron chi connectivity index (χ3n) is 3.06. The third kappa shape index (κ3) is 3.52. The summed E-state index contributed by atoms with van der Waals surface area (Å²) in [6.07, 6.45) is -7.51. The normalized spacial score (nSPS) is 14.2. The maximum atomic E-state index is 13.4. The van der Waals surface area contributed by atoms with Crippen molar-refractivity contribution in [2.45, 2.75) is 29.9 Å². The van der Waals surface area contributed by atoms with Crippen molar-refractivity contribution in [3.8, 4) is 0 Å². The van der Waals surface area contributed by atoms with Crippen LogP contribution in [-0.4, -0.2) is 40.8 Å². The Labute approximate surface area is 147 Å². The molecular formula is C11HF15N2O. The number of hydrogen-bond acceptors (Lipinski definition) is 2. The van der Waals surface area contributed by atoms with E-state index >= 15 is 0 Å². The second-order valence-corrected chi connectivity index (χ2v) is 4.95. The SMILES string of the molecule is O=C(Nc1c(F)c(F)nc(F)c1F)C(F)(F)C(F)(F)C(F)(F)C(F)(F)C(F)(F)F. The number of amides is 1. The maximum absolute atomic E-state index is 13.4. The molecule has 0 atom stereocenters. The molecule has 0 saturated carbocycles. The van der Waals surface area contributed by atoms with E-state index in [0.29, 0.717) is 0 Å². The minimum absolute atomic E-state index is 0.0296. The van der Waals surface area contributed by atoms with Gasteiger partial charge in [0.05, 0.1) is 0 Å². The highest BCUT2D eigenvalue weighted by Crippen LogP contribution is 2.57. The van der Waals surface area contributed by atoms with E-state index in [-0.39, 0.29) is 5.32 Å². The first-order chi connectivity index (χ1) is 12.6. The number of alkyl halides is 11. The smallest absolute Gasteiger partial charge is 0.315 e. The molecule has 0 spiro atoms. The maximum Gasteiger partial charge on any atom is 0.460 e. The summed E-state index contributed by atoms with van der Waals surface area (Å²) in [5.41, 5.74) is -2.64. The zero-order valence-electron chi connectivity index (χ0n) is 12.5. The van der Waals surface area contributed by atoms with Crippen molar-refractivity contribution in [2.24, 2.45) is 0 Å². The van der Waals surface area contributed by atoms with E-state index in [1.165, 1.54) is 0 Å². The lowest BCUT2D eigenvalue weighted by molar-refractivity contribution is -0.416. The van der Waals surface area contributed by atoms with Gasteiger partial charge in [-0.3, -0.25) is 4.79 Å². The summed E-state index contributed by atoms with van der Waals surface area (Å²) in [4.78, 5) is 12.9. The van der Waals surface area contributed by atoms with Crippen LogP contribution >= 0.6 is 0 Å². The predicted octanol–water partition coefficient (Wildman–Crippen LogP) is 4.68. The standard InChI is InChI=1S/C11HF15N2O/c12-1-3(2(13)5(15)28-4(1)14)27-6(29)7(16,17)8(18,19)9(20,21)10(22,23)11(24,25)26/h(H,27,28,29). The topological polar surface area (TPSA) is 42.0 Å². The number of halogens is 15. The monoisotopic (exact) mass is 462 g/mol. The van der Waals surface area contributed by atoms with Gasteiger partial charge in [-0.25, -0.2) is 0 Å². The van der Waals surface area contributed by atoms with Crippen LogP contribution in [0.15, 0.2) is 0 Å². The Balaban J connectivity index is 3.46. The van der Waals surface area contributed by atoms with Gasteiger partial charge in [0.15, 0.2) is 0 Å². The van der Waals surface area contributed by atoms with Gasteiger partial charge in [0, 0.05) is 0 Å². The molecule has 0 fully saturated rings. The molecule has 1 amide bonds. The Morgan fingerprint density at radius 1 is 0.655 bits per heavy atom. The van der Waals surface area contributed by atoms with Gasteiger partial charge in [0.25, 0.3) is 11.9 Å². The molecule has 1 aromatic rings. The molecular weight excluding hydrogens is 461 g/mol. The number of nitrogens with zero attached hydrogens (tertiary/aromatic N) is 1. The summed E-state index contributed by atoms with van der Waals surface area (Å²) in [6.45, 7) is 0. The Morgan fingerprint density at radius 3 is 1.38 bits per heavy atom. The van der Waals surface area contributed by atoms with Gasteiger partial charge in [0.1, 0.15) is 5.69 Å². The molecule has 1 rings (SSSR count). The third-order valence-corrected chi connectivity index (χ3v) is 3.06. The summed E-state index contributed by atoms with van der Waals surface area (Å²) in [7, 11) is 0. The highest BCUT2D eigenvalue weighted by Gasteiger charge is 2.88. The minimum atomic E-state index is -7.98. The van der Waals surface area contributed by atoms with Crippen LogP contribution in [0.2, 0.25) is 0 Å². The van der Waals surface area contributed by atoms with Crippen LogP contribution < -0.4 is 5.32 Å². The van der Waals surface area contributed by atoms with Gasteiger partial charge in [-0.05, 0) is 0 Å².